The SMILES string of the molecule is COc1cc(C(=O)OCC(=O)c2cc(C)n(Cc3ccc(F)cc3)c2C)ccc1OCC(N)=O. The number of nitrogens with two attached hydrogens (primary N) is 1. The lowest BCUT2D eigenvalue weighted by atomic mass is 10.1. The van der Waals surface area contributed by atoms with E-state index in [1.165, 1.54) is 37.4 Å². The fourth-order valence-corrected chi connectivity index (χ4v) is 3.45. The summed E-state index contributed by atoms with van der Waals surface area (Å²) in [5.74, 6) is -1.57. The van der Waals surface area contributed by atoms with E-state index in [9.17, 15) is 18.8 Å². The van der Waals surface area contributed by atoms with E-state index < -0.39 is 18.5 Å². The third-order valence-electron chi connectivity index (χ3n) is 5.23. The van der Waals surface area contributed by atoms with E-state index in [0.717, 1.165) is 17.0 Å². The third-order valence-corrected chi connectivity index (χ3v) is 5.23. The summed E-state index contributed by atoms with van der Waals surface area (Å²) in [6.45, 7) is 3.37. The van der Waals surface area contributed by atoms with Gasteiger partial charge in [0.15, 0.2) is 24.7 Å². The number of rotatable bonds is 10. The van der Waals surface area contributed by atoms with Crippen LogP contribution >= 0.6 is 0 Å². The number of carbonyl (C=O) groups is 3. The quantitative estimate of drug-likeness (QED) is 0.361. The molecule has 0 radical (unpaired) electrons. The highest BCUT2D eigenvalue weighted by Gasteiger charge is 2.19. The van der Waals surface area contributed by atoms with Crippen molar-refractivity contribution in [1.82, 2.24) is 4.57 Å². The molecule has 1 aromatic heterocycles. The summed E-state index contributed by atoms with van der Waals surface area (Å²) in [6, 6.07) is 12.2. The molecule has 0 aliphatic carbocycles. The molecule has 0 atom stereocenters. The first-order valence-corrected chi connectivity index (χ1v) is 10.4. The Kier molecular flexibility index (Phi) is 7.68. The number of amides is 1. The Bertz CT molecular complexity index is 1220. The van der Waals surface area contributed by atoms with Crippen molar-refractivity contribution in [3.05, 3.63) is 82.4 Å². The molecule has 3 aromatic rings. The van der Waals surface area contributed by atoms with Crippen molar-refractivity contribution >= 4 is 17.7 Å². The topological polar surface area (TPSA) is 110 Å². The number of hydrogen-bond donors (Lipinski definition) is 1. The number of methoxy groups -OCH3 is 1. The molecule has 0 aliphatic rings. The molecule has 0 saturated carbocycles. The molecule has 0 unspecified atom stereocenters. The average molecular weight is 468 g/mol. The fourth-order valence-electron chi connectivity index (χ4n) is 3.45. The monoisotopic (exact) mass is 468 g/mol. The number of hydrogen-bond acceptors (Lipinski definition) is 6. The molecular weight excluding hydrogens is 443 g/mol. The number of nitrogens with zero attached hydrogens (tertiary/aromatic N) is 1. The molecule has 34 heavy (non-hydrogen) atoms. The van der Waals surface area contributed by atoms with Gasteiger partial charge in [0.05, 0.1) is 12.7 Å². The van der Waals surface area contributed by atoms with Gasteiger partial charge in [-0.1, -0.05) is 12.1 Å². The predicted octanol–water partition coefficient (Wildman–Crippen LogP) is 3.20. The van der Waals surface area contributed by atoms with Crippen LogP contribution in [0, 0.1) is 19.7 Å². The summed E-state index contributed by atoms with van der Waals surface area (Å²) in [7, 11) is 1.38. The van der Waals surface area contributed by atoms with Crippen LogP contribution in [0.4, 0.5) is 4.39 Å². The van der Waals surface area contributed by atoms with Crippen molar-refractivity contribution in [3.63, 3.8) is 0 Å². The maximum Gasteiger partial charge on any atom is 0.338 e. The van der Waals surface area contributed by atoms with E-state index in [4.69, 9.17) is 19.9 Å². The molecule has 0 fully saturated rings. The van der Waals surface area contributed by atoms with Gasteiger partial charge in [0.25, 0.3) is 5.91 Å². The zero-order valence-corrected chi connectivity index (χ0v) is 19.1. The van der Waals surface area contributed by atoms with Crippen LogP contribution in [-0.2, 0) is 16.1 Å². The molecule has 2 aromatic carbocycles. The van der Waals surface area contributed by atoms with Crippen LogP contribution in [0.25, 0.3) is 0 Å². The molecule has 0 aliphatic heterocycles. The van der Waals surface area contributed by atoms with Crippen molar-refractivity contribution in [2.24, 2.45) is 5.73 Å². The Morgan fingerprint density at radius 1 is 0.971 bits per heavy atom. The minimum Gasteiger partial charge on any atom is -0.493 e. The smallest absolute Gasteiger partial charge is 0.338 e. The number of primary amides is 1. The van der Waals surface area contributed by atoms with Crippen LogP contribution in [0.1, 0.15) is 37.7 Å². The van der Waals surface area contributed by atoms with Gasteiger partial charge in [-0.25, -0.2) is 9.18 Å². The summed E-state index contributed by atoms with van der Waals surface area (Å²) in [4.78, 5) is 36.1. The lowest BCUT2D eigenvalue weighted by Crippen LogP contribution is -2.20. The number of halogens is 1. The Morgan fingerprint density at radius 2 is 1.68 bits per heavy atom. The standard InChI is InChI=1S/C25H25FN2O6/c1-15-10-20(16(2)28(15)12-17-4-7-19(26)8-5-17)21(29)13-34-25(31)18-6-9-22(23(11-18)32-3)33-14-24(27)30/h4-11H,12-14H2,1-3H3,(H2,27,30). The number of ketones is 1. The Morgan fingerprint density at radius 3 is 2.32 bits per heavy atom. The molecule has 8 nitrogen and oxygen atoms in total. The zero-order chi connectivity index (χ0) is 24.8. The van der Waals surface area contributed by atoms with Crippen LogP contribution in [0.2, 0.25) is 0 Å². The maximum absolute atomic E-state index is 13.2. The zero-order valence-electron chi connectivity index (χ0n) is 19.1. The van der Waals surface area contributed by atoms with E-state index >= 15 is 0 Å². The van der Waals surface area contributed by atoms with Gasteiger partial charge in [0.1, 0.15) is 5.82 Å². The molecule has 0 spiro atoms. The normalized spacial score (nSPS) is 10.6. The lowest BCUT2D eigenvalue weighted by Gasteiger charge is -2.11. The van der Waals surface area contributed by atoms with E-state index in [2.05, 4.69) is 0 Å². The molecule has 3 rings (SSSR count). The first kappa shape index (κ1) is 24.5. The van der Waals surface area contributed by atoms with Crippen LogP contribution in [0.3, 0.4) is 0 Å². The molecular formula is C25H25FN2O6. The van der Waals surface area contributed by atoms with Crippen molar-refractivity contribution in [2.75, 3.05) is 20.3 Å². The molecule has 1 amide bonds. The van der Waals surface area contributed by atoms with Crippen molar-refractivity contribution in [3.8, 4) is 11.5 Å². The summed E-state index contributed by atoms with van der Waals surface area (Å²) in [5.41, 5.74) is 8.13. The molecule has 178 valence electrons. The Hall–Kier alpha value is -4.14. The summed E-state index contributed by atoms with van der Waals surface area (Å²) < 4.78 is 30.7. The summed E-state index contributed by atoms with van der Waals surface area (Å²) >= 11 is 0. The third kappa shape index (κ3) is 5.80. The number of benzene rings is 2. The lowest BCUT2D eigenvalue weighted by molar-refractivity contribution is -0.119. The largest absolute Gasteiger partial charge is 0.493 e. The van der Waals surface area contributed by atoms with Crippen molar-refractivity contribution < 1.29 is 33.0 Å². The van der Waals surface area contributed by atoms with Gasteiger partial charge in [-0.3, -0.25) is 9.59 Å². The highest BCUT2D eigenvalue weighted by molar-refractivity contribution is 6.00. The first-order valence-electron chi connectivity index (χ1n) is 10.4. The fraction of sp³-hybridized carbons (Fsp3) is 0.240. The van der Waals surface area contributed by atoms with Crippen molar-refractivity contribution in [1.29, 1.82) is 0 Å². The van der Waals surface area contributed by atoms with Gasteiger partial charge in [-0.15, -0.1) is 0 Å². The highest BCUT2D eigenvalue weighted by atomic mass is 19.1. The molecule has 9 heteroatoms. The average Bonchev–Trinajstić information content (AvgIpc) is 3.10. The van der Waals surface area contributed by atoms with Crippen molar-refractivity contribution in [2.45, 2.75) is 20.4 Å². The summed E-state index contributed by atoms with van der Waals surface area (Å²) in [5, 5.41) is 0. The first-order chi connectivity index (χ1) is 16.2. The second kappa shape index (κ2) is 10.7. The Balaban J connectivity index is 1.67. The second-order valence-corrected chi connectivity index (χ2v) is 7.62. The van der Waals surface area contributed by atoms with Gasteiger partial charge in [0, 0.05) is 23.5 Å². The van der Waals surface area contributed by atoms with Gasteiger partial charge in [-0.2, -0.15) is 0 Å². The minimum atomic E-state index is -0.715. The van der Waals surface area contributed by atoms with E-state index in [1.807, 2.05) is 11.5 Å². The molecule has 0 bridgehead atoms. The molecule has 1 heterocycles. The van der Waals surface area contributed by atoms with Crippen LogP contribution in [-0.4, -0.2) is 42.6 Å². The minimum absolute atomic E-state index is 0.151. The number of aryl methyl sites for hydroxylation is 1. The number of Topliss-reactive ketones (excluding diaryl/α,β-unsaturated/α-hetero) is 1. The van der Waals surface area contributed by atoms with E-state index in [0.29, 0.717) is 12.1 Å². The Labute approximate surface area is 196 Å². The number of ether oxygens (including phenoxy) is 3. The number of esters is 1. The predicted molar refractivity (Wildman–Crippen MR) is 122 cm³/mol. The van der Waals surface area contributed by atoms with Crippen LogP contribution in [0.15, 0.2) is 48.5 Å². The van der Waals surface area contributed by atoms with Gasteiger partial charge < -0.3 is 24.5 Å². The number of aromatic nitrogens is 1. The summed E-state index contributed by atoms with van der Waals surface area (Å²) in [6.07, 6.45) is 0. The maximum atomic E-state index is 13.2. The van der Waals surface area contributed by atoms with Gasteiger partial charge in [0.2, 0.25) is 5.78 Å². The number of carbonyl (C=O) groups excluding carboxylic acids is 3. The van der Waals surface area contributed by atoms with Crippen LogP contribution < -0.4 is 15.2 Å². The molecule has 0 saturated heterocycles. The highest BCUT2D eigenvalue weighted by Crippen LogP contribution is 2.28. The van der Waals surface area contributed by atoms with Gasteiger partial charge >= 0.3 is 5.97 Å². The van der Waals surface area contributed by atoms with Crippen LogP contribution in [0.5, 0.6) is 11.5 Å². The van der Waals surface area contributed by atoms with E-state index in [1.54, 1.807) is 25.1 Å². The van der Waals surface area contributed by atoms with E-state index in [-0.39, 0.29) is 35.3 Å². The second-order valence-electron chi connectivity index (χ2n) is 7.62. The van der Waals surface area contributed by atoms with Gasteiger partial charge in [-0.05, 0) is 55.8 Å². The molecule has 2 N–H and O–H groups in total.